The molecule has 0 bridgehead atoms. The quantitative estimate of drug-likeness (QED) is 0.617. The summed E-state index contributed by atoms with van der Waals surface area (Å²) < 4.78 is 6.10. The Bertz CT molecular complexity index is 205. The molecular weight excluding hydrogens is 202 g/mol. The lowest BCUT2D eigenvalue weighted by Crippen LogP contribution is -2.36. The van der Waals surface area contributed by atoms with Crippen LogP contribution in [-0.2, 0) is 4.43 Å². The summed E-state index contributed by atoms with van der Waals surface area (Å²) in [6.07, 6.45) is 4.30. The van der Waals surface area contributed by atoms with Crippen LogP contribution in [0.2, 0.25) is 19.6 Å². The highest BCUT2D eigenvalue weighted by Crippen LogP contribution is 2.22. The topological polar surface area (TPSA) is 33.0 Å². The molecule has 0 saturated carbocycles. The predicted molar refractivity (Wildman–Crippen MR) is 67.1 cm³/mol. The van der Waals surface area contributed by atoms with Crippen LogP contribution in [-0.4, -0.2) is 14.4 Å². The number of nitrogens with zero attached hydrogens (tertiary/aromatic N) is 1. The second-order valence-electron chi connectivity index (χ2n) is 5.08. The minimum absolute atomic E-state index is 0.0849. The fourth-order valence-electron chi connectivity index (χ4n) is 1.73. The van der Waals surface area contributed by atoms with Gasteiger partial charge in [-0.3, -0.25) is 0 Å². The molecule has 0 fully saturated rings. The maximum Gasteiger partial charge on any atom is 0.184 e. The maximum absolute atomic E-state index is 9.14. The van der Waals surface area contributed by atoms with Gasteiger partial charge >= 0.3 is 0 Å². The van der Waals surface area contributed by atoms with Crippen molar-refractivity contribution in [1.82, 2.24) is 0 Å². The summed E-state index contributed by atoms with van der Waals surface area (Å²) in [6, 6.07) is 2.41. The zero-order valence-corrected chi connectivity index (χ0v) is 11.8. The summed E-state index contributed by atoms with van der Waals surface area (Å²) in [5.74, 6) is 0.0849. The summed E-state index contributed by atoms with van der Waals surface area (Å²) in [7, 11) is -1.52. The van der Waals surface area contributed by atoms with E-state index in [1.165, 1.54) is 0 Å². The minimum Gasteiger partial charge on any atom is -0.413 e. The molecule has 0 aliphatic rings. The van der Waals surface area contributed by atoms with Crippen molar-refractivity contribution in [2.45, 2.75) is 65.3 Å². The van der Waals surface area contributed by atoms with Gasteiger partial charge in [0.15, 0.2) is 8.32 Å². The van der Waals surface area contributed by atoms with Gasteiger partial charge < -0.3 is 4.43 Å². The molecule has 0 amide bonds. The normalized spacial score (nSPS) is 15.7. The fraction of sp³-hybridized carbons (Fsp3) is 0.917. The highest BCUT2D eigenvalue weighted by Gasteiger charge is 2.26. The van der Waals surface area contributed by atoms with E-state index >= 15 is 0 Å². The zero-order valence-electron chi connectivity index (χ0n) is 10.8. The van der Waals surface area contributed by atoms with E-state index in [1.807, 2.05) is 0 Å². The molecule has 0 aromatic heterocycles. The van der Waals surface area contributed by atoms with E-state index in [2.05, 4.69) is 39.6 Å². The van der Waals surface area contributed by atoms with Crippen molar-refractivity contribution < 1.29 is 4.43 Å². The van der Waals surface area contributed by atoms with Gasteiger partial charge in [-0.1, -0.05) is 26.7 Å². The van der Waals surface area contributed by atoms with E-state index in [0.717, 1.165) is 25.7 Å². The van der Waals surface area contributed by atoms with Crippen LogP contribution in [0.3, 0.4) is 0 Å². The SMILES string of the molecule is CCC[C@H](O[Si](C)(C)C)[C@@H](C#N)CCC. The van der Waals surface area contributed by atoms with E-state index in [-0.39, 0.29) is 12.0 Å². The summed E-state index contributed by atoms with van der Waals surface area (Å²) >= 11 is 0. The molecule has 0 unspecified atom stereocenters. The van der Waals surface area contributed by atoms with Crippen molar-refractivity contribution in [3.05, 3.63) is 0 Å². The molecule has 2 nitrogen and oxygen atoms in total. The molecule has 0 aliphatic carbocycles. The molecule has 3 heteroatoms. The van der Waals surface area contributed by atoms with E-state index in [4.69, 9.17) is 9.69 Å². The Morgan fingerprint density at radius 2 is 1.67 bits per heavy atom. The largest absolute Gasteiger partial charge is 0.413 e. The van der Waals surface area contributed by atoms with Gasteiger partial charge in [0.25, 0.3) is 0 Å². The van der Waals surface area contributed by atoms with Crippen molar-refractivity contribution in [3.8, 4) is 6.07 Å². The van der Waals surface area contributed by atoms with Gasteiger partial charge in [-0.15, -0.1) is 0 Å². The lowest BCUT2D eigenvalue weighted by Gasteiger charge is -2.29. The number of hydrogen-bond donors (Lipinski definition) is 0. The minimum atomic E-state index is -1.52. The van der Waals surface area contributed by atoms with Crippen LogP contribution in [0.4, 0.5) is 0 Å². The van der Waals surface area contributed by atoms with Crippen molar-refractivity contribution in [2.75, 3.05) is 0 Å². The van der Waals surface area contributed by atoms with Crippen molar-refractivity contribution >= 4 is 8.32 Å². The first kappa shape index (κ1) is 14.7. The monoisotopic (exact) mass is 227 g/mol. The average Bonchev–Trinajstić information content (AvgIpc) is 2.11. The summed E-state index contributed by atoms with van der Waals surface area (Å²) in [4.78, 5) is 0. The van der Waals surface area contributed by atoms with Gasteiger partial charge in [0.05, 0.1) is 18.1 Å². The molecule has 0 radical (unpaired) electrons. The van der Waals surface area contributed by atoms with Gasteiger partial charge in [0, 0.05) is 0 Å². The molecule has 0 aromatic carbocycles. The van der Waals surface area contributed by atoms with E-state index in [9.17, 15) is 0 Å². The Labute approximate surface area is 95.8 Å². The molecule has 0 spiro atoms. The van der Waals surface area contributed by atoms with Gasteiger partial charge in [0.2, 0.25) is 0 Å². The molecule has 0 N–H and O–H groups in total. The standard InChI is InChI=1S/C12H25NOSi/c1-6-8-11(10-13)12(9-7-2)14-15(3,4)5/h11-12H,6-9H2,1-5H3/t11-,12+/m1/s1. The van der Waals surface area contributed by atoms with Crippen molar-refractivity contribution in [2.24, 2.45) is 5.92 Å². The third-order valence-corrected chi connectivity index (χ3v) is 3.30. The fourth-order valence-corrected chi connectivity index (χ4v) is 2.92. The molecule has 0 aromatic rings. The van der Waals surface area contributed by atoms with Crippen LogP contribution in [0.15, 0.2) is 0 Å². The molecule has 0 rings (SSSR count). The Balaban J connectivity index is 4.42. The summed E-state index contributed by atoms with van der Waals surface area (Å²) in [5, 5.41) is 9.14. The van der Waals surface area contributed by atoms with Crippen LogP contribution in [0.5, 0.6) is 0 Å². The van der Waals surface area contributed by atoms with Crippen LogP contribution < -0.4 is 0 Å². The maximum atomic E-state index is 9.14. The van der Waals surface area contributed by atoms with Gasteiger partial charge in [0.1, 0.15) is 0 Å². The van der Waals surface area contributed by atoms with Gasteiger partial charge in [-0.05, 0) is 32.5 Å². The number of hydrogen-bond acceptors (Lipinski definition) is 2. The van der Waals surface area contributed by atoms with Crippen molar-refractivity contribution in [1.29, 1.82) is 5.26 Å². The smallest absolute Gasteiger partial charge is 0.184 e. The van der Waals surface area contributed by atoms with E-state index in [0.29, 0.717) is 0 Å². The van der Waals surface area contributed by atoms with Gasteiger partial charge in [-0.25, -0.2) is 0 Å². The third kappa shape index (κ3) is 6.70. The number of nitriles is 1. The molecular formula is C12H25NOSi. The molecule has 0 heterocycles. The Morgan fingerprint density at radius 3 is 2.00 bits per heavy atom. The highest BCUT2D eigenvalue weighted by molar-refractivity contribution is 6.69. The molecule has 15 heavy (non-hydrogen) atoms. The predicted octanol–water partition coefficient (Wildman–Crippen LogP) is 3.95. The second kappa shape index (κ2) is 7.03. The average molecular weight is 227 g/mol. The lowest BCUT2D eigenvalue weighted by molar-refractivity contribution is 0.136. The Hall–Kier alpha value is -0.333. The Kier molecular flexibility index (Phi) is 6.87. The van der Waals surface area contributed by atoms with E-state index < -0.39 is 8.32 Å². The first-order chi connectivity index (χ1) is 6.94. The summed E-state index contributed by atoms with van der Waals surface area (Å²) in [6.45, 7) is 10.9. The van der Waals surface area contributed by atoms with Crippen LogP contribution in [0.25, 0.3) is 0 Å². The highest BCUT2D eigenvalue weighted by atomic mass is 28.4. The molecule has 0 saturated heterocycles. The second-order valence-corrected chi connectivity index (χ2v) is 9.54. The molecule has 0 aliphatic heterocycles. The van der Waals surface area contributed by atoms with Crippen LogP contribution >= 0.6 is 0 Å². The Morgan fingerprint density at radius 1 is 1.13 bits per heavy atom. The molecule has 2 atom stereocenters. The number of rotatable bonds is 7. The van der Waals surface area contributed by atoms with Crippen molar-refractivity contribution in [3.63, 3.8) is 0 Å². The first-order valence-electron chi connectivity index (χ1n) is 6.02. The van der Waals surface area contributed by atoms with E-state index in [1.54, 1.807) is 0 Å². The van der Waals surface area contributed by atoms with Crippen LogP contribution in [0, 0.1) is 17.2 Å². The zero-order chi connectivity index (χ0) is 11.9. The van der Waals surface area contributed by atoms with Gasteiger partial charge in [-0.2, -0.15) is 5.26 Å². The van der Waals surface area contributed by atoms with Crippen LogP contribution in [0.1, 0.15) is 39.5 Å². The lowest BCUT2D eigenvalue weighted by atomic mass is 9.96. The third-order valence-electron chi connectivity index (χ3n) is 2.29. The molecule has 88 valence electrons. The first-order valence-corrected chi connectivity index (χ1v) is 9.42. The summed E-state index contributed by atoms with van der Waals surface area (Å²) in [5.41, 5.74) is 0.